The predicted molar refractivity (Wildman–Crippen MR) is 92.4 cm³/mol. The molecule has 0 unspecified atom stereocenters. The van der Waals surface area contributed by atoms with Gasteiger partial charge in [0.1, 0.15) is 22.9 Å². The summed E-state index contributed by atoms with van der Waals surface area (Å²) in [5, 5.41) is 0. The number of hydrogen-bond donors (Lipinski definition) is 0. The van der Waals surface area contributed by atoms with Gasteiger partial charge in [-0.25, -0.2) is 0 Å². The SMILES string of the molecule is C=C(Oc1ccc(OC2(C)CCCCC2)cc1)C(C)(C)CC. The maximum absolute atomic E-state index is 6.21. The van der Waals surface area contributed by atoms with Gasteiger partial charge in [0.2, 0.25) is 0 Å². The number of rotatable bonds is 6. The molecule has 1 aliphatic carbocycles. The lowest BCUT2D eigenvalue weighted by molar-refractivity contribution is 0.0487. The minimum atomic E-state index is -0.00918. The summed E-state index contributed by atoms with van der Waals surface area (Å²) < 4.78 is 12.1. The van der Waals surface area contributed by atoms with E-state index in [-0.39, 0.29) is 11.0 Å². The Kier molecular flexibility index (Phi) is 5.20. The lowest BCUT2D eigenvalue weighted by Gasteiger charge is -2.34. The summed E-state index contributed by atoms with van der Waals surface area (Å²) in [6.07, 6.45) is 7.17. The van der Waals surface area contributed by atoms with E-state index in [0.29, 0.717) is 0 Å². The summed E-state index contributed by atoms with van der Waals surface area (Å²) in [6, 6.07) is 7.94. The molecular formula is C20H30O2. The third-order valence-electron chi connectivity index (χ3n) is 4.98. The van der Waals surface area contributed by atoms with Gasteiger partial charge in [0.25, 0.3) is 0 Å². The van der Waals surface area contributed by atoms with Crippen molar-refractivity contribution in [1.29, 1.82) is 0 Å². The Balaban J connectivity index is 1.97. The van der Waals surface area contributed by atoms with Crippen molar-refractivity contribution in [3.8, 4) is 11.5 Å². The monoisotopic (exact) mass is 302 g/mol. The Labute approximate surface area is 135 Å². The highest BCUT2D eigenvalue weighted by Crippen LogP contribution is 2.34. The summed E-state index contributed by atoms with van der Waals surface area (Å²) in [6.45, 7) is 12.7. The summed E-state index contributed by atoms with van der Waals surface area (Å²) in [7, 11) is 0. The van der Waals surface area contributed by atoms with Crippen molar-refractivity contribution in [2.75, 3.05) is 0 Å². The first kappa shape index (κ1) is 16.9. The van der Waals surface area contributed by atoms with Gasteiger partial charge in [-0.1, -0.05) is 33.8 Å². The fraction of sp³-hybridized carbons (Fsp3) is 0.600. The van der Waals surface area contributed by atoms with E-state index in [4.69, 9.17) is 9.47 Å². The van der Waals surface area contributed by atoms with Crippen molar-refractivity contribution in [2.45, 2.75) is 71.8 Å². The first-order chi connectivity index (χ1) is 10.3. The summed E-state index contributed by atoms with van der Waals surface area (Å²) in [5.41, 5.74) is -0.0147. The Morgan fingerprint density at radius 2 is 1.64 bits per heavy atom. The fourth-order valence-corrected chi connectivity index (χ4v) is 2.74. The van der Waals surface area contributed by atoms with Crippen LogP contribution in [0, 0.1) is 5.41 Å². The van der Waals surface area contributed by atoms with Gasteiger partial charge in [-0.2, -0.15) is 0 Å². The molecule has 2 rings (SSSR count). The molecule has 22 heavy (non-hydrogen) atoms. The zero-order chi connectivity index (χ0) is 16.2. The highest BCUT2D eigenvalue weighted by atomic mass is 16.5. The number of hydrogen-bond acceptors (Lipinski definition) is 2. The molecule has 1 aliphatic rings. The van der Waals surface area contributed by atoms with Crippen LogP contribution in [0.15, 0.2) is 36.6 Å². The lowest BCUT2D eigenvalue weighted by Crippen LogP contribution is -2.34. The summed E-state index contributed by atoms with van der Waals surface area (Å²) in [4.78, 5) is 0. The van der Waals surface area contributed by atoms with E-state index in [2.05, 4.69) is 34.3 Å². The van der Waals surface area contributed by atoms with Gasteiger partial charge in [0, 0.05) is 5.41 Å². The van der Waals surface area contributed by atoms with Crippen LogP contribution in [0.1, 0.15) is 66.2 Å². The maximum Gasteiger partial charge on any atom is 0.127 e. The predicted octanol–water partition coefficient (Wildman–Crippen LogP) is 6.12. The molecule has 1 aromatic rings. The third-order valence-corrected chi connectivity index (χ3v) is 4.98. The molecule has 0 aromatic heterocycles. The third kappa shape index (κ3) is 4.28. The first-order valence-corrected chi connectivity index (χ1v) is 8.51. The van der Waals surface area contributed by atoms with Crippen LogP contribution in [-0.2, 0) is 0 Å². The molecule has 1 saturated carbocycles. The zero-order valence-corrected chi connectivity index (χ0v) is 14.6. The van der Waals surface area contributed by atoms with Crippen molar-refractivity contribution in [3.05, 3.63) is 36.6 Å². The smallest absolute Gasteiger partial charge is 0.127 e. The van der Waals surface area contributed by atoms with Crippen molar-refractivity contribution in [1.82, 2.24) is 0 Å². The number of ether oxygens (including phenoxy) is 2. The van der Waals surface area contributed by atoms with E-state index in [1.165, 1.54) is 19.3 Å². The highest BCUT2D eigenvalue weighted by Gasteiger charge is 2.28. The van der Waals surface area contributed by atoms with Crippen LogP contribution in [0.5, 0.6) is 11.5 Å². The molecule has 0 N–H and O–H groups in total. The van der Waals surface area contributed by atoms with Crippen LogP contribution in [0.25, 0.3) is 0 Å². The van der Waals surface area contributed by atoms with Crippen molar-refractivity contribution < 1.29 is 9.47 Å². The fourth-order valence-electron chi connectivity index (χ4n) is 2.74. The van der Waals surface area contributed by atoms with Gasteiger partial charge in [0.05, 0.1) is 0 Å². The van der Waals surface area contributed by atoms with Gasteiger partial charge < -0.3 is 9.47 Å². The maximum atomic E-state index is 6.21. The molecule has 2 nitrogen and oxygen atoms in total. The minimum Gasteiger partial charge on any atom is -0.488 e. The van der Waals surface area contributed by atoms with Gasteiger partial charge in [-0.05, 0) is 63.3 Å². The van der Waals surface area contributed by atoms with Gasteiger partial charge >= 0.3 is 0 Å². The molecule has 0 heterocycles. The van der Waals surface area contributed by atoms with E-state index >= 15 is 0 Å². The van der Waals surface area contributed by atoms with Crippen LogP contribution in [0.3, 0.4) is 0 Å². The molecular weight excluding hydrogens is 272 g/mol. The Morgan fingerprint density at radius 3 is 2.18 bits per heavy atom. The standard InChI is InChI=1S/C20H30O2/c1-6-19(3,4)16(2)21-17-10-12-18(13-11-17)22-20(5)14-8-7-9-15-20/h10-13H,2,6-9,14-15H2,1,3-5H3. The second-order valence-corrected chi connectivity index (χ2v) is 7.35. The van der Waals surface area contributed by atoms with Crippen LogP contribution in [0.2, 0.25) is 0 Å². The molecule has 0 spiro atoms. The highest BCUT2D eigenvalue weighted by molar-refractivity contribution is 5.33. The average molecular weight is 302 g/mol. The van der Waals surface area contributed by atoms with Crippen LogP contribution in [-0.4, -0.2) is 5.60 Å². The average Bonchev–Trinajstić information content (AvgIpc) is 2.49. The van der Waals surface area contributed by atoms with E-state index in [1.54, 1.807) is 0 Å². The molecule has 0 radical (unpaired) electrons. The molecule has 122 valence electrons. The molecule has 1 fully saturated rings. The second kappa shape index (κ2) is 6.76. The van der Waals surface area contributed by atoms with Crippen molar-refractivity contribution in [2.24, 2.45) is 5.41 Å². The summed E-state index contributed by atoms with van der Waals surface area (Å²) >= 11 is 0. The Morgan fingerprint density at radius 1 is 1.09 bits per heavy atom. The normalized spacial score (nSPS) is 17.8. The molecule has 1 aromatic carbocycles. The topological polar surface area (TPSA) is 18.5 Å². The van der Waals surface area contributed by atoms with E-state index in [9.17, 15) is 0 Å². The summed E-state index contributed by atoms with van der Waals surface area (Å²) in [5.74, 6) is 2.56. The molecule has 0 amide bonds. The first-order valence-electron chi connectivity index (χ1n) is 8.51. The zero-order valence-electron chi connectivity index (χ0n) is 14.6. The molecule has 0 aliphatic heterocycles. The largest absolute Gasteiger partial charge is 0.488 e. The van der Waals surface area contributed by atoms with Crippen molar-refractivity contribution >= 4 is 0 Å². The molecule has 0 saturated heterocycles. The van der Waals surface area contributed by atoms with E-state index in [1.807, 2.05) is 24.3 Å². The molecule has 0 bridgehead atoms. The Hall–Kier alpha value is -1.44. The second-order valence-electron chi connectivity index (χ2n) is 7.35. The van der Waals surface area contributed by atoms with Gasteiger partial charge in [-0.15, -0.1) is 0 Å². The molecule has 2 heteroatoms. The lowest BCUT2D eigenvalue weighted by atomic mass is 9.86. The van der Waals surface area contributed by atoms with Gasteiger partial charge in [-0.3, -0.25) is 0 Å². The quantitative estimate of drug-likeness (QED) is 0.590. The van der Waals surface area contributed by atoms with Crippen LogP contribution in [0.4, 0.5) is 0 Å². The van der Waals surface area contributed by atoms with Crippen LogP contribution < -0.4 is 9.47 Å². The van der Waals surface area contributed by atoms with E-state index < -0.39 is 0 Å². The number of allylic oxidation sites excluding steroid dienone is 1. The van der Waals surface area contributed by atoms with Crippen LogP contribution >= 0.6 is 0 Å². The van der Waals surface area contributed by atoms with Gasteiger partial charge in [0.15, 0.2) is 0 Å². The minimum absolute atomic E-state index is 0.00553. The van der Waals surface area contributed by atoms with Crippen molar-refractivity contribution in [3.63, 3.8) is 0 Å². The Bertz CT molecular complexity index is 493. The molecule has 0 atom stereocenters. The van der Waals surface area contributed by atoms with E-state index in [0.717, 1.165) is 36.5 Å². The number of benzene rings is 1.